The lowest BCUT2D eigenvalue weighted by Gasteiger charge is -2.19. The van der Waals surface area contributed by atoms with Crippen molar-refractivity contribution in [1.29, 1.82) is 0 Å². The lowest BCUT2D eigenvalue weighted by Crippen LogP contribution is -2.33. The summed E-state index contributed by atoms with van der Waals surface area (Å²) in [6, 6.07) is 6.68. The van der Waals surface area contributed by atoms with E-state index < -0.39 is 5.97 Å². The molecule has 2 fully saturated rings. The minimum Gasteiger partial charge on any atom is -0.425 e. The monoisotopic (exact) mass is 335 g/mol. The van der Waals surface area contributed by atoms with Crippen LogP contribution >= 0.6 is 11.6 Å². The molecule has 1 heterocycles. The number of amides is 2. The van der Waals surface area contributed by atoms with Gasteiger partial charge >= 0.3 is 5.97 Å². The van der Waals surface area contributed by atoms with Gasteiger partial charge in [-0.1, -0.05) is 36.6 Å². The van der Waals surface area contributed by atoms with Crippen LogP contribution in [0.4, 0.5) is 0 Å². The van der Waals surface area contributed by atoms with E-state index in [-0.39, 0.29) is 42.4 Å². The van der Waals surface area contributed by atoms with E-state index in [0.29, 0.717) is 5.02 Å². The van der Waals surface area contributed by atoms with E-state index in [2.05, 4.69) is 0 Å². The molecule has 0 spiro atoms. The van der Waals surface area contributed by atoms with Crippen LogP contribution in [-0.4, -0.2) is 29.2 Å². The molecular weight excluding hydrogens is 318 g/mol. The minimum atomic E-state index is -0.506. The number of hydrogen-bond acceptors (Lipinski definition) is 4. The zero-order valence-electron chi connectivity index (χ0n) is 12.7. The Morgan fingerprint density at radius 1 is 1.13 bits per heavy atom. The Labute approximate surface area is 139 Å². The SMILES string of the molecule is O=C(CCN1C(=O)C2CCCCC2C1=O)Oc1ccccc1Cl. The highest BCUT2D eigenvalue weighted by Gasteiger charge is 2.47. The summed E-state index contributed by atoms with van der Waals surface area (Å²) in [5.41, 5.74) is 0. The molecule has 2 amide bonds. The third kappa shape index (κ3) is 3.24. The van der Waals surface area contributed by atoms with Crippen LogP contribution in [-0.2, 0) is 14.4 Å². The molecule has 1 saturated heterocycles. The van der Waals surface area contributed by atoms with E-state index in [9.17, 15) is 14.4 Å². The molecular formula is C17H18ClNO4. The smallest absolute Gasteiger partial charge is 0.313 e. The second-order valence-electron chi connectivity index (χ2n) is 5.98. The summed E-state index contributed by atoms with van der Waals surface area (Å²) in [5, 5.41) is 0.347. The van der Waals surface area contributed by atoms with Gasteiger partial charge in [0, 0.05) is 6.54 Å². The molecule has 2 unspecified atom stereocenters. The highest BCUT2D eigenvalue weighted by Crippen LogP contribution is 2.38. The lowest BCUT2D eigenvalue weighted by molar-refractivity contribution is -0.141. The van der Waals surface area contributed by atoms with Crippen molar-refractivity contribution < 1.29 is 19.1 Å². The largest absolute Gasteiger partial charge is 0.425 e. The van der Waals surface area contributed by atoms with Crippen molar-refractivity contribution in [1.82, 2.24) is 4.90 Å². The highest BCUT2D eigenvalue weighted by atomic mass is 35.5. The average molecular weight is 336 g/mol. The molecule has 0 N–H and O–H groups in total. The summed E-state index contributed by atoms with van der Waals surface area (Å²) < 4.78 is 5.17. The quantitative estimate of drug-likeness (QED) is 0.482. The first-order valence-corrected chi connectivity index (χ1v) is 8.26. The maximum absolute atomic E-state index is 12.3. The van der Waals surface area contributed by atoms with Gasteiger partial charge in [-0.2, -0.15) is 0 Å². The topological polar surface area (TPSA) is 63.7 Å². The Bertz CT molecular complexity index is 621. The number of likely N-dealkylation sites (tertiary alicyclic amines) is 1. The van der Waals surface area contributed by atoms with E-state index in [4.69, 9.17) is 16.3 Å². The van der Waals surface area contributed by atoms with Crippen molar-refractivity contribution in [3.8, 4) is 5.75 Å². The number of nitrogens with zero attached hydrogens (tertiary/aromatic N) is 1. The molecule has 2 atom stereocenters. The first-order valence-electron chi connectivity index (χ1n) is 7.88. The predicted octanol–water partition coefficient (Wildman–Crippen LogP) is 2.81. The fourth-order valence-corrected chi connectivity index (χ4v) is 3.53. The van der Waals surface area contributed by atoms with Crippen molar-refractivity contribution in [3.63, 3.8) is 0 Å². The molecule has 0 aromatic heterocycles. The van der Waals surface area contributed by atoms with Crippen LogP contribution in [0.3, 0.4) is 0 Å². The first-order chi connectivity index (χ1) is 11.1. The Morgan fingerprint density at radius 2 is 1.74 bits per heavy atom. The summed E-state index contributed by atoms with van der Waals surface area (Å²) in [6.45, 7) is 0.0773. The Kier molecular flexibility index (Phi) is 4.66. The number of imide groups is 1. The number of hydrogen-bond donors (Lipinski definition) is 0. The van der Waals surface area contributed by atoms with Crippen molar-refractivity contribution in [3.05, 3.63) is 29.3 Å². The van der Waals surface area contributed by atoms with Crippen molar-refractivity contribution in [2.45, 2.75) is 32.1 Å². The number of para-hydroxylation sites is 1. The second kappa shape index (κ2) is 6.71. The first kappa shape index (κ1) is 16.0. The zero-order chi connectivity index (χ0) is 16.4. The Morgan fingerprint density at radius 3 is 2.35 bits per heavy atom. The molecule has 3 rings (SSSR count). The molecule has 5 nitrogen and oxygen atoms in total. The number of fused-ring (bicyclic) bond motifs is 1. The molecule has 1 aliphatic carbocycles. The molecule has 122 valence electrons. The molecule has 1 saturated carbocycles. The summed E-state index contributed by atoms with van der Waals surface area (Å²) in [6.07, 6.45) is 3.50. The molecule has 0 bridgehead atoms. The van der Waals surface area contributed by atoms with E-state index in [1.807, 2.05) is 0 Å². The Balaban J connectivity index is 1.58. The van der Waals surface area contributed by atoms with Gasteiger partial charge in [0.2, 0.25) is 11.8 Å². The van der Waals surface area contributed by atoms with E-state index in [0.717, 1.165) is 25.7 Å². The van der Waals surface area contributed by atoms with E-state index >= 15 is 0 Å². The summed E-state index contributed by atoms with van der Waals surface area (Å²) in [7, 11) is 0. The molecule has 2 aliphatic rings. The number of benzene rings is 1. The fourth-order valence-electron chi connectivity index (χ4n) is 3.36. The lowest BCUT2D eigenvalue weighted by atomic mass is 9.81. The third-order valence-electron chi connectivity index (χ3n) is 4.53. The second-order valence-corrected chi connectivity index (χ2v) is 6.39. The van der Waals surface area contributed by atoms with Crippen molar-refractivity contribution in [2.24, 2.45) is 11.8 Å². The molecule has 1 aromatic carbocycles. The van der Waals surface area contributed by atoms with Crippen molar-refractivity contribution >= 4 is 29.4 Å². The number of carbonyl (C=O) groups excluding carboxylic acids is 3. The molecule has 23 heavy (non-hydrogen) atoms. The van der Waals surface area contributed by atoms with Crippen LogP contribution in [0.1, 0.15) is 32.1 Å². The van der Waals surface area contributed by atoms with Crippen LogP contribution in [0.25, 0.3) is 0 Å². The zero-order valence-corrected chi connectivity index (χ0v) is 13.4. The van der Waals surface area contributed by atoms with Gasteiger partial charge in [0.25, 0.3) is 0 Å². The summed E-state index contributed by atoms with van der Waals surface area (Å²) in [5.74, 6) is -0.859. The van der Waals surface area contributed by atoms with Crippen LogP contribution in [0.15, 0.2) is 24.3 Å². The van der Waals surface area contributed by atoms with E-state index in [1.54, 1.807) is 24.3 Å². The third-order valence-corrected chi connectivity index (χ3v) is 4.84. The summed E-state index contributed by atoms with van der Waals surface area (Å²) in [4.78, 5) is 37.8. The standard InChI is InChI=1S/C17H18ClNO4/c18-13-7-3-4-8-14(13)23-15(20)9-10-19-16(21)11-5-1-2-6-12(11)17(19)22/h3-4,7-8,11-12H,1-2,5-6,9-10H2. The van der Waals surface area contributed by atoms with Gasteiger partial charge in [0.05, 0.1) is 23.3 Å². The highest BCUT2D eigenvalue weighted by molar-refractivity contribution is 6.32. The van der Waals surface area contributed by atoms with Crippen LogP contribution in [0, 0.1) is 11.8 Å². The van der Waals surface area contributed by atoms with E-state index in [1.165, 1.54) is 4.90 Å². The maximum Gasteiger partial charge on any atom is 0.313 e. The van der Waals surface area contributed by atoms with Gasteiger partial charge in [0.1, 0.15) is 5.75 Å². The molecule has 0 radical (unpaired) electrons. The van der Waals surface area contributed by atoms with Gasteiger partial charge in [0.15, 0.2) is 0 Å². The van der Waals surface area contributed by atoms with Crippen LogP contribution < -0.4 is 4.74 Å². The number of halogens is 1. The van der Waals surface area contributed by atoms with Gasteiger partial charge in [-0.3, -0.25) is 19.3 Å². The average Bonchev–Trinajstić information content (AvgIpc) is 2.80. The predicted molar refractivity (Wildman–Crippen MR) is 83.9 cm³/mol. The number of esters is 1. The number of carbonyl (C=O) groups is 3. The Hall–Kier alpha value is -1.88. The normalized spacial score (nSPS) is 23.8. The number of rotatable bonds is 4. The molecule has 1 aromatic rings. The van der Waals surface area contributed by atoms with Crippen LogP contribution in [0.2, 0.25) is 5.02 Å². The fraction of sp³-hybridized carbons (Fsp3) is 0.471. The van der Waals surface area contributed by atoms with Gasteiger partial charge < -0.3 is 4.74 Å². The molecule has 1 aliphatic heterocycles. The minimum absolute atomic E-state index is 0.0257. The van der Waals surface area contributed by atoms with Gasteiger partial charge in [-0.25, -0.2) is 0 Å². The molecule has 6 heteroatoms. The van der Waals surface area contributed by atoms with Crippen LogP contribution in [0.5, 0.6) is 5.75 Å². The van der Waals surface area contributed by atoms with Gasteiger partial charge in [-0.15, -0.1) is 0 Å². The van der Waals surface area contributed by atoms with Crippen molar-refractivity contribution in [2.75, 3.05) is 6.54 Å². The number of ether oxygens (including phenoxy) is 1. The van der Waals surface area contributed by atoms with Gasteiger partial charge in [-0.05, 0) is 25.0 Å². The summed E-state index contributed by atoms with van der Waals surface area (Å²) >= 11 is 5.93. The maximum atomic E-state index is 12.3.